The summed E-state index contributed by atoms with van der Waals surface area (Å²) in [7, 11) is -3.82. The molecule has 1 aromatic heterocycles. The zero-order valence-electron chi connectivity index (χ0n) is 19.0. The Balaban J connectivity index is 1.29. The molecule has 0 bridgehead atoms. The Morgan fingerprint density at radius 2 is 1.64 bits per heavy atom. The van der Waals surface area contributed by atoms with Crippen molar-refractivity contribution in [3.05, 3.63) is 107 Å². The molecule has 0 fully saturated rings. The summed E-state index contributed by atoms with van der Waals surface area (Å²) in [6, 6.07) is 25.8. The maximum absolute atomic E-state index is 12.8. The number of thiazole rings is 1. The van der Waals surface area contributed by atoms with Crippen LogP contribution in [0.2, 0.25) is 5.02 Å². The van der Waals surface area contributed by atoms with Crippen LogP contribution in [0.5, 0.6) is 0 Å². The van der Waals surface area contributed by atoms with Gasteiger partial charge < -0.3 is 5.32 Å². The van der Waals surface area contributed by atoms with Crippen molar-refractivity contribution in [1.29, 1.82) is 0 Å². The van der Waals surface area contributed by atoms with E-state index in [9.17, 15) is 13.2 Å². The quantitative estimate of drug-likeness (QED) is 0.246. The molecule has 9 heteroatoms. The molecular formula is C27H20ClN3O3S2. The minimum atomic E-state index is -3.82. The number of nitrogens with one attached hydrogen (secondary N) is 2. The first kappa shape index (κ1) is 24.0. The lowest BCUT2D eigenvalue weighted by atomic mass is 10.1. The Hall–Kier alpha value is -3.72. The van der Waals surface area contributed by atoms with E-state index in [0.717, 1.165) is 20.8 Å². The Labute approximate surface area is 217 Å². The molecule has 36 heavy (non-hydrogen) atoms. The summed E-state index contributed by atoms with van der Waals surface area (Å²) in [5.74, 6) is -0.356. The maximum Gasteiger partial charge on any atom is 0.261 e. The van der Waals surface area contributed by atoms with Gasteiger partial charge in [-0.1, -0.05) is 23.7 Å². The molecule has 0 atom stereocenters. The van der Waals surface area contributed by atoms with Crippen LogP contribution < -0.4 is 10.0 Å². The molecule has 0 aliphatic rings. The number of hydrogen-bond acceptors (Lipinski definition) is 5. The second-order valence-corrected chi connectivity index (χ2v) is 11.3. The molecule has 5 aromatic rings. The lowest BCUT2D eigenvalue weighted by Crippen LogP contribution is -2.15. The van der Waals surface area contributed by atoms with Crippen molar-refractivity contribution < 1.29 is 13.2 Å². The van der Waals surface area contributed by atoms with E-state index >= 15 is 0 Å². The number of halogens is 1. The van der Waals surface area contributed by atoms with Crippen LogP contribution >= 0.6 is 22.9 Å². The highest BCUT2D eigenvalue weighted by Gasteiger charge is 2.15. The van der Waals surface area contributed by atoms with Gasteiger partial charge in [0.05, 0.1) is 15.1 Å². The van der Waals surface area contributed by atoms with Gasteiger partial charge >= 0.3 is 0 Å². The number of carbonyl (C=O) groups excluding carboxylic acids is 1. The molecule has 0 radical (unpaired) electrons. The number of aryl methyl sites for hydroxylation is 1. The Kier molecular flexibility index (Phi) is 6.49. The van der Waals surface area contributed by atoms with Crippen molar-refractivity contribution in [2.24, 2.45) is 0 Å². The lowest BCUT2D eigenvalue weighted by Gasteiger charge is -2.10. The predicted octanol–water partition coefficient (Wildman–Crippen LogP) is 6.98. The number of nitrogens with zero attached hydrogens (tertiary/aromatic N) is 1. The van der Waals surface area contributed by atoms with Crippen molar-refractivity contribution in [3.8, 4) is 10.6 Å². The number of fused-ring (bicyclic) bond motifs is 1. The number of anilines is 2. The number of benzene rings is 4. The van der Waals surface area contributed by atoms with Crippen LogP contribution in [0.15, 0.2) is 95.9 Å². The first-order valence-corrected chi connectivity index (χ1v) is 13.6. The van der Waals surface area contributed by atoms with Crippen LogP contribution in [0.4, 0.5) is 11.4 Å². The molecule has 0 saturated heterocycles. The largest absolute Gasteiger partial charge is 0.322 e. The first-order chi connectivity index (χ1) is 17.3. The first-order valence-electron chi connectivity index (χ1n) is 10.9. The molecule has 6 nitrogen and oxygen atoms in total. The van der Waals surface area contributed by atoms with Gasteiger partial charge in [-0.25, -0.2) is 13.4 Å². The Morgan fingerprint density at radius 3 is 2.39 bits per heavy atom. The third-order valence-corrected chi connectivity index (χ3v) is 8.15. The zero-order chi connectivity index (χ0) is 25.3. The van der Waals surface area contributed by atoms with Gasteiger partial charge in [0.25, 0.3) is 15.9 Å². The van der Waals surface area contributed by atoms with E-state index in [4.69, 9.17) is 16.6 Å². The second-order valence-electron chi connectivity index (χ2n) is 8.16. The zero-order valence-corrected chi connectivity index (χ0v) is 21.4. The van der Waals surface area contributed by atoms with Crippen LogP contribution in [-0.2, 0) is 10.0 Å². The van der Waals surface area contributed by atoms with Crippen LogP contribution in [0.25, 0.3) is 20.8 Å². The second kappa shape index (κ2) is 9.73. The van der Waals surface area contributed by atoms with Gasteiger partial charge in [-0.3, -0.25) is 9.52 Å². The van der Waals surface area contributed by atoms with Crippen molar-refractivity contribution in [2.45, 2.75) is 11.8 Å². The molecular weight excluding hydrogens is 514 g/mol. The van der Waals surface area contributed by atoms with Crippen molar-refractivity contribution in [3.63, 3.8) is 0 Å². The van der Waals surface area contributed by atoms with E-state index in [1.165, 1.54) is 35.9 Å². The number of hydrogen-bond donors (Lipinski definition) is 2. The highest BCUT2D eigenvalue weighted by molar-refractivity contribution is 7.92. The summed E-state index contributed by atoms with van der Waals surface area (Å²) in [4.78, 5) is 17.6. The third-order valence-electron chi connectivity index (χ3n) is 5.43. The SMILES string of the molecule is Cc1ccc2nc(-c3ccc(NC(=O)c4cccc(NS(=O)(=O)c5ccc(Cl)cc5)c4)cc3)sc2c1. The van der Waals surface area contributed by atoms with Gasteiger partial charge in [0, 0.05) is 27.5 Å². The summed E-state index contributed by atoms with van der Waals surface area (Å²) < 4.78 is 28.9. The molecule has 0 aliphatic carbocycles. The van der Waals surface area contributed by atoms with Crippen LogP contribution in [0.1, 0.15) is 15.9 Å². The van der Waals surface area contributed by atoms with E-state index in [2.05, 4.69) is 23.0 Å². The molecule has 5 rings (SSSR count). The molecule has 2 N–H and O–H groups in total. The Bertz CT molecular complexity index is 1680. The van der Waals surface area contributed by atoms with E-state index in [-0.39, 0.29) is 16.5 Å². The molecule has 180 valence electrons. The smallest absolute Gasteiger partial charge is 0.261 e. The van der Waals surface area contributed by atoms with Gasteiger partial charge in [-0.05, 0) is 91.3 Å². The minimum Gasteiger partial charge on any atom is -0.322 e. The highest BCUT2D eigenvalue weighted by Crippen LogP contribution is 2.31. The van der Waals surface area contributed by atoms with Crippen molar-refractivity contribution in [2.75, 3.05) is 10.0 Å². The molecule has 4 aromatic carbocycles. The molecule has 1 amide bonds. The molecule has 0 aliphatic heterocycles. The monoisotopic (exact) mass is 533 g/mol. The molecule has 1 heterocycles. The number of aromatic nitrogens is 1. The standard InChI is InChI=1S/C27H20ClN3O3S2/c1-17-5-14-24-25(15-17)35-27(30-24)18-6-10-21(11-7-18)29-26(32)19-3-2-4-22(16-19)31-36(33,34)23-12-8-20(28)9-13-23/h2-16,31H,1H3,(H,29,32). The number of rotatable bonds is 6. The third kappa shape index (κ3) is 5.26. The maximum atomic E-state index is 12.8. The van der Waals surface area contributed by atoms with Crippen LogP contribution in [-0.4, -0.2) is 19.3 Å². The van der Waals surface area contributed by atoms with E-state index in [1.54, 1.807) is 29.5 Å². The lowest BCUT2D eigenvalue weighted by molar-refractivity contribution is 0.102. The molecule has 0 spiro atoms. The van der Waals surface area contributed by atoms with Gasteiger partial charge in [0.2, 0.25) is 0 Å². The van der Waals surface area contributed by atoms with Crippen molar-refractivity contribution >= 4 is 60.5 Å². The summed E-state index contributed by atoms with van der Waals surface area (Å²) in [6.07, 6.45) is 0. The number of amides is 1. The van der Waals surface area contributed by atoms with E-state index in [1.807, 2.05) is 36.4 Å². The van der Waals surface area contributed by atoms with Gasteiger partial charge in [0.1, 0.15) is 5.01 Å². The average Bonchev–Trinajstić information content (AvgIpc) is 3.28. The van der Waals surface area contributed by atoms with Gasteiger partial charge in [0.15, 0.2) is 0 Å². The predicted molar refractivity (Wildman–Crippen MR) is 146 cm³/mol. The van der Waals surface area contributed by atoms with Crippen LogP contribution in [0, 0.1) is 6.92 Å². The van der Waals surface area contributed by atoms with Gasteiger partial charge in [-0.2, -0.15) is 0 Å². The molecule has 0 saturated carbocycles. The minimum absolute atomic E-state index is 0.0742. The summed E-state index contributed by atoms with van der Waals surface area (Å²) in [5, 5.41) is 4.20. The fourth-order valence-electron chi connectivity index (χ4n) is 3.61. The number of sulfonamides is 1. The average molecular weight is 534 g/mol. The fraction of sp³-hybridized carbons (Fsp3) is 0.0370. The van der Waals surface area contributed by atoms with Gasteiger partial charge in [-0.15, -0.1) is 11.3 Å². The van der Waals surface area contributed by atoms with E-state index < -0.39 is 10.0 Å². The number of carbonyl (C=O) groups is 1. The van der Waals surface area contributed by atoms with Crippen LogP contribution in [0.3, 0.4) is 0 Å². The summed E-state index contributed by atoms with van der Waals surface area (Å²) in [6.45, 7) is 2.06. The van der Waals surface area contributed by atoms with E-state index in [0.29, 0.717) is 16.3 Å². The Morgan fingerprint density at radius 1 is 0.889 bits per heavy atom. The fourth-order valence-corrected chi connectivity index (χ4v) is 5.85. The summed E-state index contributed by atoms with van der Waals surface area (Å²) >= 11 is 7.47. The highest BCUT2D eigenvalue weighted by atomic mass is 35.5. The summed E-state index contributed by atoms with van der Waals surface area (Å²) in [5.41, 5.74) is 4.33. The van der Waals surface area contributed by atoms with Crippen molar-refractivity contribution in [1.82, 2.24) is 4.98 Å². The normalized spacial score (nSPS) is 11.4. The topological polar surface area (TPSA) is 88.2 Å². The molecule has 0 unspecified atom stereocenters.